The van der Waals surface area contributed by atoms with Crippen LogP contribution in [0.15, 0.2) is 0 Å². The fourth-order valence-corrected chi connectivity index (χ4v) is 0. The second-order valence-electron chi connectivity index (χ2n) is 1.61. The van der Waals surface area contributed by atoms with Crippen molar-refractivity contribution in [2.45, 2.75) is 33.6 Å². The highest BCUT2D eigenvalue weighted by Gasteiger charge is 1.61. The van der Waals surface area contributed by atoms with Gasteiger partial charge < -0.3 is 5.73 Å². The molecular formula is C6H15NO. The molecule has 2 N–H and O–H groups in total. The lowest BCUT2D eigenvalue weighted by Crippen LogP contribution is -2.01. The van der Waals surface area contributed by atoms with Crippen LogP contribution in [0.2, 0.25) is 0 Å². The summed E-state index contributed by atoms with van der Waals surface area (Å²) in [6, 6.07) is 0. The molecule has 0 unspecified atom stereocenters. The normalized spacial score (nSPS) is 6.88. The van der Waals surface area contributed by atoms with Gasteiger partial charge in [-0.3, -0.25) is 4.79 Å². The smallest absolute Gasteiger partial charge is 0.214 e. The Hall–Kier alpha value is -0.530. The molecule has 0 heterocycles. The Kier molecular flexibility index (Phi) is 12.7. The molecule has 0 rings (SSSR count). The molecule has 1 amide bonds. The van der Waals surface area contributed by atoms with E-state index < -0.39 is 0 Å². The van der Waals surface area contributed by atoms with E-state index in [-0.39, 0.29) is 5.91 Å². The molecule has 2 heteroatoms. The van der Waals surface area contributed by atoms with E-state index in [1.165, 1.54) is 19.8 Å². The lowest BCUT2D eigenvalue weighted by Gasteiger charge is -1.68. The Morgan fingerprint density at radius 2 is 1.50 bits per heavy atom. The molecule has 0 aromatic rings. The third-order valence-corrected chi connectivity index (χ3v) is 0.500. The van der Waals surface area contributed by atoms with Crippen molar-refractivity contribution in [3.63, 3.8) is 0 Å². The van der Waals surface area contributed by atoms with E-state index in [0.29, 0.717) is 0 Å². The molecule has 0 bridgehead atoms. The average molecular weight is 117 g/mol. The van der Waals surface area contributed by atoms with E-state index in [1.54, 1.807) is 0 Å². The number of hydrogen-bond acceptors (Lipinski definition) is 1. The zero-order valence-corrected chi connectivity index (χ0v) is 5.90. The van der Waals surface area contributed by atoms with E-state index in [4.69, 9.17) is 0 Å². The molecule has 0 aliphatic heterocycles. The van der Waals surface area contributed by atoms with Gasteiger partial charge in [-0.15, -0.1) is 0 Å². The summed E-state index contributed by atoms with van der Waals surface area (Å²) in [5, 5.41) is 0. The number of carbonyl (C=O) groups is 1. The lowest BCUT2D eigenvalue weighted by atomic mass is 10.4. The molecule has 0 radical (unpaired) electrons. The van der Waals surface area contributed by atoms with Crippen molar-refractivity contribution in [3.05, 3.63) is 0 Å². The summed E-state index contributed by atoms with van der Waals surface area (Å²) in [4.78, 5) is 9.22. The van der Waals surface area contributed by atoms with Crippen molar-refractivity contribution < 1.29 is 4.79 Å². The van der Waals surface area contributed by atoms with Crippen molar-refractivity contribution in [1.82, 2.24) is 0 Å². The van der Waals surface area contributed by atoms with Crippen LogP contribution >= 0.6 is 0 Å². The summed E-state index contributed by atoms with van der Waals surface area (Å²) in [7, 11) is 0. The van der Waals surface area contributed by atoms with Gasteiger partial charge in [-0.05, 0) is 0 Å². The summed E-state index contributed by atoms with van der Waals surface area (Å²) in [5.74, 6) is -0.333. The van der Waals surface area contributed by atoms with Crippen LogP contribution in [0, 0.1) is 0 Å². The molecule has 0 aliphatic rings. The van der Waals surface area contributed by atoms with Gasteiger partial charge in [0.05, 0.1) is 0 Å². The maximum absolute atomic E-state index is 9.22. The largest absolute Gasteiger partial charge is 0.370 e. The molecule has 0 fully saturated rings. The van der Waals surface area contributed by atoms with E-state index in [2.05, 4.69) is 19.6 Å². The van der Waals surface area contributed by atoms with E-state index in [0.717, 1.165) is 0 Å². The standard InChI is InChI=1S/C4H10.C2H5NO/c1-3-4-2;1-2(3)4/h3-4H2,1-2H3;1H3,(H2,3,4). The van der Waals surface area contributed by atoms with Crippen LogP contribution in [-0.2, 0) is 4.79 Å². The Morgan fingerprint density at radius 3 is 1.50 bits per heavy atom. The molecule has 8 heavy (non-hydrogen) atoms. The van der Waals surface area contributed by atoms with Gasteiger partial charge in [-0.2, -0.15) is 0 Å². The van der Waals surface area contributed by atoms with Crippen molar-refractivity contribution in [2.75, 3.05) is 0 Å². The highest BCUT2D eigenvalue weighted by molar-refractivity contribution is 5.70. The molecule has 0 atom stereocenters. The molecule has 0 saturated heterocycles. The van der Waals surface area contributed by atoms with Gasteiger partial charge in [0.25, 0.3) is 0 Å². The highest BCUT2D eigenvalue weighted by Crippen LogP contribution is 1.76. The maximum atomic E-state index is 9.22. The number of unbranched alkanes of at least 4 members (excludes halogenated alkanes) is 1. The van der Waals surface area contributed by atoms with Gasteiger partial charge in [-0.25, -0.2) is 0 Å². The van der Waals surface area contributed by atoms with Crippen molar-refractivity contribution in [1.29, 1.82) is 0 Å². The monoisotopic (exact) mass is 117 g/mol. The van der Waals surface area contributed by atoms with Gasteiger partial charge >= 0.3 is 0 Å². The second-order valence-corrected chi connectivity index (χ2v) is 1.61. The SMILES string of the molecule is CC(N)=O.CCCC. The predicted octanol–water partition coefficient (Wildman–Crippen LogP) is 1.30. The number of carbonyl (C=O) groups excluding carboxylic acids is 1. The molecule has 0 aliphatic carbocycles. The lowest BCUT2D eigenvalue weighted by molar-refractivity contribution is -0.115. The zero-order valence-electron chi connectivity index (χ0n) is 5.90. The minimum Gasteiger partial charge on any atom is -0.370 e. The Bertz CT molecular complexity index is 46.5. The van der Waals surface area contributed by atoms with Crippen molar-refractivity contribution in [3.8, 4) is 0 Å². The Labute approximate surface area is 51.1 Å². The summed E-state index contributed by atoms with van der Waals surface area (Å²) >= 11 is 0. The fraction of sp³-hybridized carbons (Fsp3) is 0.833. The first-order valence-corrected chi connectivity index (χ1v) is 2.91. The molecule has 0 saturated carbocycles. The van der Waals surface area contributed by atoms with Crippen LogP contribution < -0.4 is 5.73 Å². The van der Waals surface area contributed by atoms with Crippen LogP contribution in [0.1, 0.15) is 33.6 Å². The van der Waals surface area contributed by atoms with Gasteiger partial charge in [0.2, 0.25) is 5.91 Å². The van der Waals surface area contributed by atoms with Crippen LogP contribution in [0.5, 0.6) is 0 Å². The molecule has 0 aromatic heterocycles. The van der Waals surface area contributed by atoms with Crippen LogP contribution in [0.4, 0.5) is 0 Å². The summed E-state index contributed by atoms with van der Waals surface area (Å²) in [6.45, 7) is 5.67. The number of nitrogens with two attached hydrogens (primary N) is 1. The van der Waals surface area contributed by atoms with E-state index in [1.807, 2.05) is 0 Å². The zero-order chi connectivity index (χ0) is 6.99. The molecule has 0 spiro atoms. The predicted molar refractivity (Wildman–Crippen MR) is 35.5 cm³/mol. The van der Waals surface area contributed by atoms with Gasteiger partial charge in [0.1, 0.15) is 0 Å². The summed E-state index contributed by atoms with van der Waals surface area (Å²) < 4.78 is 0. The summed E-state index contributed by atoms with van der Waals surface area (Å²) in [5.41, 5.74) is 4.47. The van der Waals surface area contributed by atoms with E-state index in [9.17, 15) is 4.79 Å². The minimum atomic E-state index is -0.333. The van der Waals surface area contributed by atoms with Crippen LogP contribution in [-0.4, -0.2) is 5.91 Å². The second kappa shape index (κ2) is 9.69. The Balaban J connectivity index is 0. The minimum absolute atomic E-state index is 0.333. The maximum Gasteiger partial charge on any atom is 0.214 e. The summed E-state index contributed by atoms with van der Waals surface area (Å²) in [6.07, 6.45) is 2.64. The fourth-order valence-electron chi connectivity index (χ4n) is 0. The third kappa shape index (κ3) is 495. The number of primary amides is 1. The first-order valence-electron chi connectivity index (χ1n) is 2.91. The molecule has 0 aromatic carbocycles. The number of hydrogen-bond donors (Lipinski definition) is 1. The van der Waals surface area contributed by atoms with Crippen molar-refractivity contribution >= 4 is 5.91 Å². The topological polar surface area (TPSA) is 43.1 Å². The van der Waals surface area contributed by atoms with Gasteiger partial charge in [-0.1, -0.05) is 26.7 Å². The molecule has 2 nitrogen and oxygen atoms in total. The number of rotatable bonds is 1. The quantitative estimate of drug-likeness (QED) is 0.552. The Morgan fingerprint density at radius 1 is 1.38 bits per heavy atom. The van der Waals surface area contributed by atoms with Crippen molar-refractivity contribution in [2.24, 2.45) is 5.73 Å². The van der Waals surface area contributed by atoms with Crippen LogP contribution in [0.25, 0.3) is 0 Å². The first-order chi connectivity index (χ1) is 3.65. The molecule has 50 valence electrons. The first kappa shape index (κ1) is 10.5. The van der Waals surface area contributed by atoms with Crippen LogP contribution in [0.3, 0.4) is 0 Å². The van der Waals surface area contributed by atoms with E-state index >= 15 is 0 Å². The molecular weight excluding hydrogens is 102 g/mol. The number of amides is 1. The van der Waals surface area contributed by atoms with Gasteiger partial charge in [0.15, 0.2) is 0 Å². The third-order valence-electron chi connectivity index (χ3n) is 0.500. The van der Waals surface area contributed by atoms with Gasteiger partial charge in [0, 0.05) is 6.92 Å². The average Bonchev–Trinajstić information content (AvgIpc) is 1.65. The highest BCUT2D eigenvalue weighted by atomic mass is 16.1.